The second kappa shape index (κ2) is 5.59. The number of sulfonamides is 2. The number of hydrogen-bond donors (Lipinski definition) is 2. The van der Waals surface area contributed by atoms with E-state index in [0.29, 0.717) is 11.4 Å². The molecule has 0 radical (unpaired) electrons. The highest BCUT2D eigenvalue weighted by Gasteiger charge is 2.21. The molecule has 0 atom stereocenters. The fourth-order valence-corrected chi connectivity index (χ4v) is 3.58. The van der Waals surface area contributed by atoms with Crippen molar-refractivity contribution in [2.24, 2.45) is 5.14 Å². The molecule has 7 nitrogen and oxygen atoms in total. The molecular weight excluding hydrogens is 326 g/mol. The lowest BCUT2D eigenvalue weighted by molar-refractivity contribution is 0.594. The van der Waals surface area contributed by atoms with Crippen LogP contribution in [0.5, 0.6) is 0 Å². The molecule has 118 valence electrons. The zero-order chi connectivity index (χ0) is 16.5. The Balaban J connectivity index is 2.41. The zero-order valence-electron chi connectivity index (χ0n) is 11.7. The van der Waals surface area contributed by atoms with Crippen LogP contribution in [0.1, 0.15) is 0 Å². The van der Waals surface area contributed by atoms with Gasteiger partial charge in [-0.05, 0) is 42.5 Å². The summed E-state index contributed by atoms with van der Waals surface area (Å²) in [6.45, 7) is 0. The Morgan fingerprint density at radius 1 is 0.909 bits per heavy atom. The second-order valence-electron chi connectivity index (χ2n) is 4.58. The molecule has 0 bridgehead atoms. The van der Waals surface area contributed by atoms with Gasteiger partial charge in [0, 0.05) is 12.7 Å². The van der Waals surface area contributed by atoms with Crippen LogP contribution in [0.2, 0.25) is 0 Å². The largest absolute Gasteiger partial charge is 0.399 e. The van der Waals surface area contributed by atoms with Gasteiger partial charge in [-0.25, -0.2) is 22.0 Å². The monoisotopic (exact) mass is 341 g/mol. The molecule has 0 unspecified atom stereocenters. The highest BCUT2D eigenvalue weighted by Crippen LogP contribution is 2.24. The topological polar surface area (TPSA) is 124 Å². The van der Waals surface area contributed by atoms with E-state index in [1.54, 1.807) is 12.1 Å². The Labute approximate surface area is 129 Å². The van der Waals surface area contributed by atoms with Gasteiger partial charge in [-0.2, -0.15) is 0 Å². The van der Waals surface area contributed by atoms with E-state index in [0.717, 1.165) is 4.31 Å². The first-order valence-electron chi connectivity index (χ1n) is 6.10. The number of hydrogen-bond acceptors (Lipinski definition) is 5. The van der Waals surface area contributed by atoms with Crippen LogP contribution in [0, 0.1) is 0 Å². The molecule has 22 heavy (non-hydrogen) atoms. The van der Waals surface area contributed by atoms with Crippen molar-refractivity contribution < 1.29 is 16.8 Å². The summed E-state index contributed by atoms with van der Waals surface area (Å²) in [6, 6.07) is 11.1. The summed E-state index contributed by atoms with van der Waals surface area (Å²) in [5.74, 6) is 0. The molecule has 0 amide bonds. The number of nitrogens with two attached hydrogens (primary N) is 2. The average molecular weight is 341 g/mol. The number of anilines is 2. The van der Waals surface area contributed by atoms with Crippen LogP contribution < -0.4 is 15.2 Å². The Hall–Kier alpha value is -2.10. The molecule has 0 spiro atoms. The molecule has 9 heteroatoms. The fourth-order valence-electron chi connectivity index (χ4n) is 1.82. The molecule has 0 heterocycles. The quantitative estimate of drug-likeness (QED) is 0.794. The summed E-state index contributed by atoms with van der Waals surface area (Å²) in [4.78, 5) is -0.0449. The van der Waals surface area contributed by atoms with Crippen molar-refractivity contribution in [3.05, 3.63) is 48.5 Å². The van der Waals surface area contributed by atoms with Crippen molar-refractivity contribution in [3.63, 3.8) is 0 Å². The van der Waals surface area contributed by atoms with Crippen LogP contribution in [-0.4, -0.2) is 23.9 Å². The summed E-state index contributed by atoms with van der Waals surface area (Å²) < 4.78 is 48.4. The van der Waals surface area contributed by atoms with Gasteiger partial charge in [0.2, 0.25) is 10.0 Å². The number of nitrogen functional groups attached to an aromatic ring is 1. The number of nitrogens with zero attached hydrogens (tertiary/aromatic N) is 1. The third-order valence-corrected chi connectivity index (χ3v) is 5.76. The minimum Gasteiger partial charge on any atom is -0.399 e. The van der Waals surface area contributed by atoms with Crippen molar-refractivity contribution in [2.45, 2.75) is 9.79 Å². The van der Waals surface area contributed by atoms with Crippen molar-refractivity contribution in [1.82, 2.24) is 0 Å². The number of benzene rings is 2. The molecule has 0 saturated carbocycles. The van der Waals surface area contributed by atoms with Gasteiger partial charge >= 0.3 is 0 Å². The van der Waals surface area contributed by atoms with E-state index in [1.165, 1.54) is 43.4 Å². The van der Waals surface area contributed by atoms with Gasteiger partial charge in [0.1, 0.15) is 0 Å². The van der Waals surface area contributed by atoms with Gasteiger partial charge < -0.3 is 5.73 Å². The minimum atomic E-state index is -3.82. The summed E-state index contributed by atoms with van der Waals surface area (Å²) in [6.07, 6.45) is 0. The summed E-state index contributed by atoms with van der Waals surface area (Å²) in [7, 11) is -6.25. The maximum Gasteiger partial charge on any atom is 0.264 e. The highest BCUT2D eigenvalue weighted by molar-refractivity contribution is 7.92. The second-order valence-corrected chi connectivity index (χ2v) is 8.11. The summed E-state index contributed by atoms with van der Waals surface area (Å²) in [5, 5.41) is 5.00. The fraction of sp³-hybridized carbons (Fsp3) is 0.0769. The van der Waals surface area contributed by atoms with E-state index in [2.05, 4.69) is 0 Å². The SMILES string of the molecule is CN(c1ccc(S(N)(=O)=O)cc1)S(=O)(=O)c1cccc(N)c1. The van der Waals surface area contributed by atoms with Gasteiger partial charge in [-0.15, -0.1) is 0 Å². The van der Waals surface area contributed by atoms with Crippen LogP contribution >= 0.6 is 0 Å². The van der Waals surface area contributed by atoms with E-state index in [1.807, 2.05) is 0 Å². The Kier molecular flexibility index (Phi) is 4.14. The third kappa shape index (κ3) is 3.21. The maximum absolute atomic E-state index is 12.5. The molecule has 0 aliphatic carbocycles. The Morgan fingerprint density at radius 3 is 2.00 bits per heavy atom. The predicted molar refractivity (Wildman–Crippen MR) is 84.3 cm³/mol. The molecule has 0 aliphatic heterocycles. The van der Waals surface area contributed by atoms with Crippen molar-refractivity contribution in [3.8, 4) is 0 Å². The van der Waals surface area contributed by atoms with Gasteiger partial charge in [0.15, 0.2) is 0 Å². The lowest BCUT2D eigenvalue weighted by Gasteiger charge is -2.19. The first kappa shape index (κ1) is 16.3. The zero-order valence-corrected chi connectivity index (χ0v) is 13.3. The van der Waals surface area contributed by atoms with E-state index in [4.69, 9.17) is 10.9 Å². The smallest absolute Gasteiger partial charge is 0.264 e. The number of rotatable bonds is 4. The molecule has 2 aromatic rings. The van der Waals surface area contributed by atoms with Gasteiger partial charge in [-0.3, -0.25) is 4.31 Å². The average Bonchev–Trinajstić information content (AvgIpc) is 2.45. The van der Waals surface area contributed by atoms with Crippen LogP contribution in [0.4, 0.5) is 11.4 Å². The molecular formula is C13H15N3O4S2. The van der Waals surface area contributed by atoms with E-state index in [-0.39, 0.29) is 9.79 Å². The molecule has 2 aromatic carbocycles. The summed E-state index contributed by atoms with van der Waals surface area (Å²) >= 11 is 0. The van der Waals surface area contributed by atoms with Crippen LogP contribution in [0.3, 0.4) is 0 Å². The molecule has 4 N–H and O–H groups in total. The van der Waals surface area contributed by atoms with Crippen LogP contribution in [0.25, 0.3) is 0 Å². The molecule has 0 aromatic heterocycles. The minimum absolute atomic E-state index is 0.0468. The normalized spacial score (nSPS) is 12.1. The van der Waals surface area contributed by atoms with Gasteiger partial charge in [-0.1, -0.05) is 6.07 Å². The Bertz CT molecular complexity index is 891. The van der Waals surface area contributed by atoms with Crippen LogP contribution in [-0.2, 0) is 20.0 Å². The summed E-state index contributed by atoms with van der Waals surface area (Å²) in [5.41, 5.74) is 6.23. The lowest BCUT2D eigenvalue weighted by atomic mass is 10.3. The van der Waals surface area contributed by atoms with Crippen molar-refractivity contribution in [2.75, 3.05) is 17.1 Å². The van der Waals surface area contributed by atoms with Crippen LogP contribution in [0.15, 0.2) is 58.3 Å². The lowest BCUT2D eigenvalue weighted by Crippen LogP contribution is -2.26. The predicted octanol–water partition coefficient (Wildman–Crippen LogP) is 0.741. The first-order valence-corrected chi connectivity index (χ1v) is 9.08. The molecule has 0 aliphatic rings. The number of primary sulfonamides is 1. The van der Waals surface area contributed by atoms with Gasteiger partial charge in [0.25, 0.3) is 10.0 Å². The maximum atomic E-state index is 12.5. The Morgan fingerprint density at radius 2 is 1.50 bits per heavy atom. The van der Waals surface area contributed by atoms with E-state index >= 15 is 0 Å². The highest BCUT2D eigenvalue weighted by atomic mass is 32.2. The third-order valence-electron chi connectivity index (χ3n) is 3.05. The standard InChI is InChI=1S/C13H15N3O4S2/c1-16(11-5-7-12(8-6-11)21(15,17)18)22(19,20)13-4-2-3-10(14)9-13/h2-9H,14H2,1H3,(H2,15,17,18). The van der Waals surface area contributed by atoms with Gasteiger partial charge in [0.05, 0.1) is 15.5 Å². The molecule has 0 fully saturated rings. The molecule has 2 rings (SSSR count). The van der Waals surface area contributed by atoms with Crippen molar-refractivity contribution in [1.29, 1.82) is 0 Å². The van der Waals surface area contributed by atoms with E-state index < -0.39 is 20.0 Å². The molecule has 0 saturated heterocycles. The first-order chi connectivity index (χ1) is 10.1. The van der Waals surface area contributed by atoms with Crippen molar-refractivity contribution >= 4 is 31.4 Å². The van der Waals surface area contributed by atoms with E-state index in [9.17, 15) is 16.8 Å².